The minimum Gasteiger partial charge on any atom is -0.466 e. The summed E-state index contributed by atoms with van der Waals surface area (Å²) in [6.07, 6.45) is 101. The van der Waals surface area contributed by atoms with Gasteiger partial charge >= 0.3 is 5.97 Å². The molecule has 0 bridgehead atoms. The summed E-state index contributed by atoms with van der Waals surface area (Å²) in [6.45, 7) is 4.98. The van der Waals surface area contributed by atoms with Crippen LogP contribution in [-0.4, -0.2) is 47.4 Å². The molecule has 0 aliphatic carbocycles. The van der Waals surface area contributed by atoms with Crippen LogP contribution < -0.4 is 5.32 Å². The lowest BCUT2D eigenvalue weighted by molar-refractivity contribution is -0.143. The number of nitrogens with one attached hydrogen (secondary N) is 1. The normalized spacial score (nSPS) is 12.6. The van der Waals surface area contributed by atoms with E-state index in [9.17, 15) is 19.8 Å². The lowest BCUT2D eigenvalue weighted by Gasteiger charge is -2.22. The van der Waals surface area contributed by atoms with Gasteiger partial charge in [-0.3, -0.25) is 9.59 Å². The smallest absolute Gasteiger partial charge is 0.305 e. The first-order valence-electron chi connectivity index (χ1n) is 40.2. The third kappa shape index (κ3) is 73.1. The zero-order chi connectivity index (χ0) is 63.5. The van der Waals surface area contributed by atoms with Gasteiger partial charge in [0.05, 0.1) is 25.4 Å². The van der Waals surface area contributed by atoms with E-state index in [0.29, 0.717) is 25.9 Å². The van der Waals surface area contributed by atoms with Gasteiger partial charge in [-0.25, -0.2) is 0 Å². The molecule has 6 heteroatoms. The highest BCUT2D eigenvalue weighted by molar-refractivity contribution is 5.76. The summed E-state index contributed by atoms with van der Waals surface area (Å²) in [7, 11) is 0. The third-order valence-corrected chi connectivity index (χ3v) is 18.9. The van der Waals surface area contributed by atoms with Crippen LogP contribution in [0.1, 0.15) is 450 Å². The Kier molecular flexibility index (Phi) is 75.8. The molecule has 0 aliphatic rings. The lowest BCUT2D eigenvalue weighted by atomic mass is 10.0. The second kappa shape index (κ2) is 77.5. The number of carbonyl (C=O) groups is 2. The van der Waals surface area contributed by atoms with Crippen molar-refractivity contribution in [1.29, 1.82) is 0 Å². The number of allylic oxidation sites excluding steroid dienone is 6. The van der Waals surface area contributed by atoms with Crippen molar-refractivity contribution < 1.29 is 24.5 Å². The largest absolute Gasteiger partial charge is 0.466 e. The summed E-state index contributed by atoms with van der Waals surface area (Å²) in [6, 6.07) is -0.540. The van der Waals surface area contributed by atoms with Crippen molar-refractivity contribution in [1.82, 2.24) is 5.32 Å². The molecule has 0 aromatic heterocycles. The number of ether oxygens (including phenoxy) is 1. The van der Waals surface area contributed by atoms with E-state index >= 15 is 0 Å². The Hall–Kier alpha value is -1.92. The molecule has 0 heterocycles. The van der Waals surface area contributed by atoms with Gasteiger partial charge in [-0.05, 0) is 83.5 Å². The maximum Gasteiger partial charge on any atom is 0.305 e. The quantitative estimate of drug-likeness (QED) is 0.0320. The number of aliphatic hydroxyl groups excluding tert-OH is 2. The standard InChI is InChI=1S/C82H157NO5/c1-3-5-7-9-11-13-15-17-19-21-38-42-46-50-54-58-62-66-70-74-80(85)79(78-84)83-81(86)75-71-67-63-59-55-51-47-43-40-36-34-32-30-28-26-24-23-25-27-29-31-33-35-37-41-45-49-53-57-61-65-69-73-77-88-82(87)76-72-68-64-60-56-52-48-44-39-22-20-18-16-14-12-10-8-6-4-2/h12,14,18,20,27,29,79-80,84-85H,3-11,13,15-17,19,21-26,28,30-78H2,1-2H3,(H,83,86)/b14-12-,20-18-,29-27-. The first-order chi connectivity index (χ1) is 43.5. The monoisotopic (exact) mass is 1240 g/mol. The maximum absolute atomic E-state index is 12.6. The number of hydrogen-bond acceptors (Lipinski definition) is 5. The summed E-state index contributed by atoms with van der Waals surface area (Å²) < 4.78 is 5.51. The lowest BCUT2D eigenvalue weighted by Crippen LogP contribution is -2.45. The summed E-state index contributed by atoms with van der Waals surface area (Å²) >= 11 is 0. The van der Waals surface area contributed by atoms with Gasteiger partial charge in [0.1, 0.15) is 0 Å². The highest BCUT2D eigenvalue weighted by atomic mass is 16.5. The number of hydrogen-bond donors (Lipinski definition) is 3. The van der Waals surface area contributed by atoms with Crippen LogP contribution in [0.3, 0.4) is 0 Å². The second-order valence-corrected chi connectivity index (χ2v) is 27.7. The van der Waals surface area contributed by atoms with Crippen LogP contribution in [0.5, 0.6) is 0 Å². The van der Waals surface area contributed by atoms with Crippen LogP contribution in [0, 0.1) is 0 Å². The van der Waals surface area contributed by atoms with Crippen molar-refractivity contribution in [2.75, 3.05) is 13.2 Å². The van der Waals surface area contributed by atoms with Crippen molar-refractivity contribution in [3.8, 4) is 0 Å². The molecule has 88 heavy (non-hydrogen) atoms. The second-order valence-electron chi connectivity index (χ2n) is 27.7. The molecule has 1 amide bonds. The topological polar surface area (TPSA) is 95.9 Å². The number of aliphatic hydroxyl groups is 2. The predicted molar refractivity (Wildman–Crippen MR) is 389 cm³/mol. The van der Waals surface area contributed by atoms with Gasteiger partial charge in [-0.2, -0.15) is 0 Å². The van der Waals surface area contributed by atoms with Gasteiger partial charge in [0.25, 0.3) is 0 Å². The van der Waals surface area contributed by atoms with Gasteiger partial charge in [0.2, 0.25) is 5.91 Å². The highest BCUT2D eigenvalue weighted by Crippen LogP contribution is 2.20. The fourth-order valence-electron chi connectivity index (χ4n) is 12.8. The predicted octanol–water partition coefficient (Wildman–Crippen LogP) is 26.6. The van der Waals surface area contributed by atoms with E-state index < -0.39 is 12.1 Å². The van der Waals surface area contributed by atoms with Gasteiger partial charge in [-0.1, -0.05) is 391 Å². The average molecular weight is 1240 g/mol. The molecule has 0 saturated heterocycles. The van der Waals surface area contributed by atoms with Gasteiger partial charge in [0.15, 0.2) is 0 Å². The van der Waals surface area contributed by atoms with Crippen LogP contribution in [0.4, 0.5) is 0 Å². The number of rotatable bonds is 76. The molecule has 0 radical (unpaired) electrons. The molecule has 0 fully saturated rings. The fourth-order valence-corrected chi connectivity index (χ4v) is 12.8. The first kappa shape index (κ1) is 86.1. The zero-order valence-corrected chi connectivity index (χ0v) is 59.7. The number of esters is 1. The van der Waals surface area contributed by atoms with Crippen LogP contribution in [0.25, 0.3) is 0 Å². The summed E-state index contributed by atoms with van der Waals surface area (Å²) in [5.74, 6) is -0.0116. The molecule has 520 valence electrons. The summed E-state index contributed by atoms with van der Waals surface area (Å²) in [5, 5.41) is 23.4. The Morgan fingerprint density at radius 1 is 0.318 bits per heavy atom. The number of amides is 1. The Bertz CT molecular complexity index is 1430. The summed E-state index contributed by atoms with van der Waals surface area (Å²) in [4.78, 5) is 24.7. The molecule has 2 atom stereocenters. The van der Waals surface area contributed by atoms with E-state index in [4.69, 9.17) is 4.74 Å². The molecular formula is C82H157NO5. The molecule has 0 aromatic carbocycles. The minimum atomic E-state index is -0.663. The molecule has 0 rings (SSSR count). The Labute approximate surface area is 551 Å². The minimum absolute atomic E-state index is 0.0157. The van der Waals surface area contributed by atoms with Crippen LogP contribution in [-0.2, 0) is 14.3 Å². The Morgan fingerprint density at radius 2 is 0.568 bits per heavy atom. The van der Waals surface area contributed by atoms with Crippen LogP contribution in [0.15, 0.2) is 36.5 Å². The van der Waals surface area contributed by atoms with E-state index in [1.165, 1.54) is 366 Å². The zero-order valence-electron chi connectivity index (χ0n) is 59.7. The van der Waals surface area contributed by atoms with Crippen LogP contribution >= 0.6 is 0 Å². The van der Waals surface area contributed by atoms with E-state index in [-0.39, 0.29) is 18.5 Å². The fraction of sp³-hybridized carbons (Fsp3) is 0.902. The van der Waals surface area contributed by atoms with Crippen molar-refractivity contribution in [3.63, 3.8) is 0 Å². The average Bonchev–Trinajstić information content (AvgIpc) is 3.58. The van der Waals surface area contributed by atoms with E-state index in [1.807, 2.05) is 0 Å². The van der Waals surface area contributed by atoms with Gasteiger partial charge < -0.3 is 20.3 Å². The Morgan fingerprint density at radius 3 is 0.898 bits per heavy atom. The molecule has 0 spiro atoms. The third-order valence-electron chi connectivity index (χ3n) is 18.9. The molecule has 0 aromatic rings. The molecule has 3 N–H and O–H groups in total. The highest BCUT2D eigenvalue weighted by Gasteiger charge is 2.20. The van der Waals surface area contributed by atoms with E-state index in [2.05, 4.69) is 55.6 Å². The number of unbranched alkanes of at least 4 members (excludes halogenated alkanes) is 59. The van der Waals surface area contributed by atoms with E-state index in [1.54, 1.807) is 0 Å². The molecule has 6 nitrogen and oxygen atoms in total. The van der Waals surface area contributed by atoms with Crippen LogP contribution in [0.2, 0.25) is 0 Å². The first-order valence-corrected chi connectivity index (χ1v) is 40.2. The van der Waals surface area contributed by atoms with Gasteiger partial charge in [-0.15, -0.1) is 0 Å². The Balaban J connectivity index is 3.34. The summed E-state index contributed by atoms with van der Waals surface area (Å²) in [5.41, 5.74) is 0. The SMILES string of the molecule is CCCCC/C=C\C/C=C\CCCCCCCCCCCC(=O)OCCCCCCCCCCCCCC/C=C\CCCCCCCCCCCCCCCCCCCC(=O)NC(CO)C(O)CCCCCCCCCCCCCCCCCCCCC. The molecule has 0 saturated carbocycles. The van der Waals surface area contributed by atoms with Crippen molar-refractivity contribution in [2.45, 2.75) is 463 Å². The molecular weight excluding hydrogens is 1080 g/mol. The molecule has 0 aliphatic heterocycles. The van der Waals surface area contributed by atoms with Crippen molar-refractivity contribution in [3.05, 3.63) is 36.5 Å². The van der Waals surface area contributed by atoms with Crippen molar-refractivity contribution >= 4 is 11.9 Å². The molecule has 2 unspecified atom stereocenters. The van der Waals surface area contributed by atoms with Gasteiger partial charge in [0, 0.05) is 12.8 Å². The maximum atomic E-state index is 12.6. The van der Waals surface area contributed by atoms with E-state index in [0.717, 1.165) is 51.4 Å². The van der Waals surface area contributed by atoms with Crippen molar-refractivity contribution in [2.24, 2.45) is 0 Å². The number of carbonyl (C=O) groups excluding carboxylic acids is 2.